The minimum Gasteiger partial charge on any atom is -0.481 e. The van der Waals surface area contributed by atoms with Crippen molar-refractivity contribution < 1.29 is 18.3 Å². The molecule has 1 saturated heterocycles. The van der Waals surface area contributed by atoms with E-state index in [9.17, 15) is 13.2 Å². The molecule has 1 aromatic rings. The van der Waals surface area contributed by atoms with E-state index in [0.717, 1.165) is 12.8 Å². The lowest BCUT2D eigenvalue weighted by atomic mass is 9.97. The molecule has 0 aromatic carbocycles. The van der Waals surface area contributed by atoms with Gasteiger partial charge in [-0.3, -0.25) is 4.79 Å². The highest BCUT2D eigenvalue weighted by Gasteiger charge is 2.26. The number of piperidine rings is 1. The van der Waals surface area contributed by atoms with Gasteiger partial charge in [0.15, 0.2) is 0 Å². The third-order valence-corrected chi connectivity index (χ3v) is 5.87. The molecular weight excluding hydrogens is 318 g/mol. The number of carbonyl (C=O) groups is 1. The lowest BCUT2D eigenvalue weighted by molar-refractivity contribution is -0.142. The maximum Gasteiger partial charge on any atom is 0.306 e. The van der Waals surface area contributed by atoms with E-state index in [4.69, 9.17) is 5.11 Å². The summed E-state index contributed by atoms with van der Waals surface area (Å²) in [6, 6.07) is 3.24. The molecule has 0 unspecified atom stereocenters. The molecule has 2 N–H and O–H groups in total. The van der Waals surface area contributed by atoms with Gasteiger partial charge in [-0.2, -0.15) is 0 Å². The van der Waals surface area contributed by atoms with Crippen LogP contribution in [0.15, 0.2) is 23.2 Å². The van der Waals surface area contributed by atoms with Crippen molar-refractivity contribution in [3.63, 3.8) is 0 Å². The van der Waals surface area contributed by atoms with Gasteiger partial charge < -0.3 is 10.0 Å². The Kier molecular flexibility index (Phi) is 4.54. The van der Waals surface area contributed by atoms with Gasteiger partial charge in [-0.15, -0.1) is 0 Å². The molecule has 0 bridgehead atoms. The van der Waals surface area contributed by atoms with Gasteiger partial charge in [0, 0.05) is 25.8 Å². The van der Waals surface area contributed by atoms with Crippen LogP contribution in [-0.2, 0) is 14.8 Å². The van der Waals surface area contributed by atoms with Gasteiger partial charge >= 0.3 is 5.97 Å². The van der Waals surface area contributed by atoms with Gasteiger partial charge in [-0.05, 0) is 43.7 Å². The van der Waals surface area contributed by atoms with Crippen molar-refractivity contribution in [3.05, 3.63) is 18.3 Å². The van der Waals surface area contributed by atoms with Crippen LogP contribution in [-0.4, -0.2) is 44.1 Å². The number of rotatable bonds is 6. The highest BCUT2D eigenvalue weighted by atomic mass is 32.2. The largest absolute Gasteiger partial charge is 0.481 e. The van der Waals surface area contributed by atoms with Crippen LogP contribution in [0.2, 0.25) is 0 Å². The number of hydrogen-bond acceptors (Lipinski definition) is 5. The number of carboxylic acids is 1. The van der Waals surface area contributed by atoms with Gasteiger partial charge in [0.25, 0.3) is 0 Å². The van der Waals surface area contributed by atoms with Crippen LogP contribution in [0.1, 0.15) is 25.7 Å². The predicted molar refractivity (Wildman–Crippen MR) is 84.7 cm³/mol. The molecule has 23 heavy (non-hydrogen) atoms. The summed E-state index contributed by atoms with van der Waals surface area (Å²) < 4.78 is 26.9. The summed E-state index contributed by atoms with van der Waals surface area (Å²) in [4.78, 5) is 17.4. The van der Waals surface area contributed by atoms with E-state index in [1.54, 1.807) is 12.1 Å². The van der Waals surface area contributed by atoms with Crippen LogP contribution in [0, 0.1) is 11.8 Å². The second-order valence-electron chi connectivity index (χ2n) is 6.25. The smallest absolute Gasteiger partial charge is 0.306 e. The van der Waals surface area contributed by atoms with Crippen LogP contribution in [0.3, 0.4) is 0 Å². The highest BCUT2D eigenvalue weighted by molar-refractivity contribution is 7.89. The predicted octanol–water partition coefficient (Wildman–Crippen LogP) is 1.07. The number of aromatic nitrogens is 1. The van der Waals surface area contributed by atoms with E-state index >= 15 is 0 Å². The van der Waals surface area contributed by atoms with Crippen LogP contribution in [0.25, 0.3) is 0 Å². The van der Waals surface area contributed by atoms with Crippen molar-refractivity contribution in [1.29, 1.82) is 0 Å². The van der Waals surface area contributed by atoms with E-state index in [-0.39, 0.29) is 10.8 Å². The molecule has 7 nitrogen and oxygen atoms in total. The molecule has 0 atom stereocenters. The molecule has 2 heterocycles. The summed E-state index contributed by atoms with van der Waals surface area (Å²) in [6.45, 7) is 1.73. The summed E-state index contributed by atoms with van der Waals surface area (Å²) in [6.07, 6.45) is 4.71. The summed E-state index contributed by atoms with van der Waals surface area (Å²) in [7, 11) is -3.49. The molecule has 126 valence electrons. The maximum atomic E-state index is 12.1. The first-order valence-corrected chi connectivity index (χ1v) is 9.37. The molecule has 0 radical (unpaired) electrons. The zero-order valence-corrected chi connectivity index (χ0v) is 13.6. The Bertz CT molecular complexity index is 662. The van der Waals surface area contributed by atoms with Crippen molar-refractivity contribution in [2.75, 3.05) is 24.5 Å². The lowest BCUT2D eigenvalue weighted by Crippen LogP contribution is -2.36. The quantitative estimate of drug-likeness (QED) is 0.804. The van der Waals surface area contributed by atoms with Crippen LogP contribution in [0.5, 0.6) is 0 Å². The molecule has 0 amide bonds. The fourth-order valence-electron chi connectivity index (χ4n) is 2.71. The number of pyridine rings is 1. The fourth-order valence-corrected chi connectivity index (χ4v) is 3.77. The zero-order valence-electron chi connectivity index (χ0n) is 12.8. The summed E-state index contributed by atoms with van der Waals surface area (Å²) >= 11 is 0. The van der Waals surface area contributed by atoms with Crippen LogP contribution < -0.4 is 9.62 Å². The minimum absolute atomic E-state index is 0.169. The fraction of sp³-hybridized carbons (Fsp3) is 0.600. The van der Waals surface area contributed by atoms with Gasteiger partial charge in [0.1, 0.15) is 10.7 Å². The Hall–Kier alpha value is -1.67. The Morgan fingerprint density at radius 2 is 1.96 bits per heavy atom. The molecule has 1 aliphatic carbocycles. The standard InChI is InChI=1S/C15H21N3O4S/c19-15(20)12-5-7-18(8-6-12)14-4-3-13(10-16-14)23(21,22)17-9-11-1-2-11/h3-4,10-12,17H,1-2,5-9H2,(H,19,20). The molecule has 8 heteroatoms. The zero-order chi connectivity index (χ0) is 16.4. The first-order valence-electron chi connectivity index (χ1n) is 7.89. The van der Waals surface area contributed by atoms with E-state index in [1.807, 2.05) is 4.90 Å². The number of sulfonamides is 1. The number of hydrogen-bond donors (Lipinski definition) is 2. The number of anilines is 1. The average Bonchev–Trinajstić information content (AvgIpc) is 3.38. The van der Waals surface area contributed by atoms with E-state index in [0.29, 0.717) is 44.2 Å². The monoisotopic (exact) mass is 339 g/mol. The average molecular weight is 339 g/mol. The first kappa shape index (κ1) is 16.2. The molecule has 2 aliphatic rings. The van der Waals surface area contributed by atoms with Crippen molar-refractivity contribution >= 4 is 21.8 Å². The molecule has 2 fully saturated rings. The van der Waals surface area contributed by atoms with Crippen molar-refractivity contribution in [3.8, 4) is 0 Å². The SMILES string of the molecule is O=C(O)C1CCN(c2ccc(S(=O)(=O)NCC3CC3)cn2)CC1. The second-order valence-corrected chi connectivity index (χ2v) is 8.01. The summed E-state index contributed by atoms with van der Waals surface area (Å²) in [5, 5.41) is 9.01. The third kappa shape index (κ3) is 4.00. The maximum absolute atomic E-state index is 12.1. The first-order chi connectivity index (χ1) is 11.0. The second kappa shape index (κ2) is 6.45. The molecule has 3 rings (SSSR count). The van der Waals surface area contributed by atoms with Crippen molar-refractivity contribution in [2.45, 2.75) is 30.6 Å². The summed E-state index contributed by atoms with van der Waals surface area (Å²) in [5.74, 6) is 0.126. The Balaban J connectivity index is 1.61. The number of aliphatic carboxylic acids is 1. The summed E-state index contributed by atoms with van der Waals surface area (Å²) in [5.41, 5.74) is 0. The van der Waals surface area contributed by atoms with Crippen molar-refractivity contribution in [1.82, 2.24) is 9.71 Å². The van der Waals surface area contributed by atoms with E-state index in [2.05, 4.69) is 9.71 Å². The normalized spacial score (nSPS) is 19.7. The number of carboxylic acid groups (broad SMARTS) is 1. The minimum atomic E-state index is -3.49. The number of nitrogens with zero attached hydrogens (tertiary/aromatic N) is 2. The highest BCUT2D eigenvalue weighted by Crippen LogP contribution is 2.28. The van der Waals surface area contributed by atoms with Crippen LogP contribution >= 0.6 is 0 Å². The number of nitrogens with one attached hydrogen (secondary N) is 1. The topological polar surface area (TPSA) is 99.6 Å². The molecular formula is C15H21N3O4S. The lowest BCUT2D eigenvalue weighted by Gasteiger charge is -2.31. The van der Waals surface area contributed by atoms with E-state index in [1.165, 1.54) is 6.20 Å². The van der Waals surface area contributed by atoms with E-state index < -0.39 is 16.0 Å². The molecule has 0 spiro atoms. The Morgan fingerprint density at radius 1 is 1.26 bits per heavy atom. The molecule has 1 aliphatic heterocycles. The van der Waals surface area contributed by atoms with Gasteiger partial charge in [-0.25, -0.2) is 18.1 Å². The Morgan fingerprint density at radius 3 is 2.48 bits per heavy atom. The Labute approximate surface area is 135 Å². The van der Waals surface area contributed by atoms with Gasteiger partial charge in [0.05, 0.1) is 5.92 Å². The third-order valence-electron chi connectivity index (χ3n) is 4.46. The van der Waals surface area contributed by atoms with Gasteiger partial charge in [-0.1, -0.05) is 0 Å². The van der Waals surface area contributed by atoms with Crippen molar-refractivity contribution in [2.24, 2.45) is 11.8 Å². The van der Waals surface area contributed by atoms with Gasteiger partial charge in [0.2, 0.25) is 10.0 Å². The van der Waals surface area contributed by atoms with Crippen LogP contribution in [0.4, 0.5) is 5.82 Å². The molecule has 1 saturated carbocycles. The molecule has 1 aromatic heterocycles.